The summed E-state index contributed by atoms with van der Waals surface area (Å²) in [5, 5.41) is 0. The van der Waals surface area contributed by atoms with E-state index in [1.54, 1.807) is 7.11 Å². The molecule has 2 rings (SSSR count). The molecule has 5 heteroatoms. The van der Waals surface area contributed by atoms with Gasteiger partial charge in [-0.25, -0.2) is 9.37 Å². The second-order valence-corrected chi connectivity index (χ2v) is 4.26. The highest BCUT2D eigenvalue weighted by molar-refractivity contribution is 5.45. The van der Waals surface area contributed by atoms with Crippen molar-refractivity contribution in [2.45, 2.75) is 19.9 Å². The standard InChI is InChI=1S/C15H17FN2O2/c1-3-10-4-5-13(14(6-10)19-2)20-15-11(8-17)7-12(16)9-18-15/h4-7,9H,3,8,17H2,1-2H3. The van der Waals surface area contributed by atoms with E-state index in [9.17, 15) is 4.39 Å². The van der Waals surface area contributed by atoms with Gasteiger partial charge in [0, 0.05) is 12.1 Å². The fraction of sp³-hybridized carbons (Fsp3) is 0.267. The molecule has 0 bridgehead atoms. The first-order valence-corrected chi connectivity index (χ1v) is 6.37. The van der Waals surface area contributed by atoms with Crippen molar-refractivity contribution >= 4 is 0 Å². The quantitative estimate of drug-likeness (QED) is 0.912. The maximum Gasteiger partial charge on any atom is 0.224 e. The van der Waals surface area contributed by atoms with Gasteiger partial charge in [0.05, 0.1) is 13.3 Å². The van der Waals surface area contributed by atoms with Crippen molar-refractivity contribution in [2.75, 3.05) is 7.11 Å². The number of benzene rings is 1. The molecular formula is C15H17FN2O2. The number of rotatable bonds is 5. The van der Waals surface area contributed by atoms with Crippen LogP contribution in [0.3, 0.4) is 0 Å². The van der Waals surface area contributed by atoms with E-state index in [4.69, 9.17) is 15.2 Å². The Bertz CT molecular complexity index is 602. The molecule has 4 nitrogen and oxygen atoms in total. The Labute approximate surface area is 117 Å². The summed E-state index contributed by atoms with van der Waals surface area (Å²) in [7, 11) is 1.57. The summed E-state index contributed by atoms with van der Waals surface area (Å²) in [4.78, 5) is 3.93. The summed E-state index contributed by atoms with van der Waals surface area (Å²) in [6.45, 7) is 2.21. The Morgan fingerprint density at radius 1 is 1.25 bits per heavy atom. The minimum atomic E-state index is -0.439. The zero-order valence-electron chi connectivity index (χ0n) is 11.5. The number of hydrogen-bond donors (Lipinski definition) is 1. The lowest BCUT2D eigenvalue weighted by molar-refractivity contribution is 0.371. The fourth-order valence-corrected chi connectivity index (χ4v) is 1.83. The van der Waals surface area contributed by atoms with Gasteiger partial charge < -0.3 is 15.2 Å². The van der Waals surface area contributed by atoms with Crippen molar-refractivity contribution in [3.63, 3.8) is 0 Å². The normalized spacial score (nSPS) is 10.4. The van der Waals surface area contributed by atoms with E-state index in [-0.39, 0.29) is 12.4 Å². The average molecular weight is 276 g/mol. The number of nitrogens with zero attached hydrogens (tertiary/aromatic N) is 1. The van der Waals surface area contributed by atoms with Crippen LogP contribution in [-0.2, 0) is 13.0 Å². The molecule has 0 saturated heterocycles. The maximum atomic E-state index is 13.1. The molecule has 0 radical (unpaired) electrons. The zero-order valence-corrected chi connectivity index (χ0v) is 11.5. The Morgan fingerprint density at radius 2 is 2.05 bits per heavy atom. The zero-order chi connectivity index (χ0) is 14.5. The smallest absolute Gasteiger partial charge is 0.224 e. The third-order valence-electron chi connectivity index (χ3n) is 2.95. The molecule has 20 heavy (non-hydrogen) atoms. The van der Waals surface area contributed by atoms with E-state index in [2.05, 4.69) is 11.9 Å². The fourth-order valence-electron chi connectivity index (χ4n) is 1.83. The van der Waals surface area contributed by atoms with Crippen LogP contribution in [0.2, 0.25) is 0 Å². The molecule has 106 valence electrons. The predicted molar refractivity (Wildman–Crippen MR) is 74.5 cm³/mol. The molecule has 1 heterocycles. The lowest BCUT2D eigenvalue weighted by Gasteiger charge is -2.12. The van der Waals surface area contributed by atoms with E-state index in [1.165, 1.54) is 6.07 Å². The van der Waals surface area contributed by atoms with Crippen LogP contribution in [0.1, 0.15) is 18.1 Å². The summed E-state index contributed by atoms with van der Waals surface area (Å²) in [5.74, 6) is 0.986. The lowest BCUT2D eigenvalue weighted by Crippen LogP contribution is -2.03. The largest absolute Gasteiger partial charge is 0.493 e. The average Bonchev–Trinajstić information content (AvgIpc) is 2.49. The molecule has 1 aromatic carbocycles. The van der Waals surface area contributed by atoms with Crippen LogP contribution in [0, 0.1) is 5.82 Å². The number of aryl methyl sites for hydroxylation is 1. The predicted octanol–water partition coefficient (Wildman–Crippen LogP) is 3.04. The Hall–Kier alpha value is -2.14. The maximum absolute atomic E-state index is 13.1. The number of nitrogens with two attached hydrogens (primary N) is 1. The van der Waals surface area contributed by atoms with Crippen molar-refractivity contribution in [3.8, 4) is 17.4 Å². The van der Waals surface area contributed by atoms with Crippen LogP contribution in [-0.4, -0.2) is 12.1 Å². The first-order valence-electron chi connectivity index (χ1n) is 6.37. The van der Waals surface area contributed by atoms with Crippen molar-refractivity contribution in [2.24, 2.45) is 5.73 Å². The van der Waals surface area contributed by atoms with Crippen LogP contribution in [0.25, 0.3) is 0 Å². The van der Waals surface area contributed by atoms with Crippen molar-refractivity contribution in [3.05, 3.63) is 47.4 Å². The summed E-state index contributed by atoms with van der Waals surface area (Å²) in [5.41, 5.74) is 7.22. The molecule has 0 aliphatic rings. The molecule has 0 unspecified atom stereocenters. The van der Waals surface area contributed by atoms with Gasteiger partial charge in [-0.05, 0) is 30.2 Å². The molecule has 0 fully saturated rings. The highest BCUT2D eigenvalue weighted by Crippen LogP contribution is 2.33. The van der Waals surface area contributed by atoms with Gasteiger partial charge in [0.15, 0.2) is 11.5 Å². The Kier molecular flexibility index (Phi) is 4.53. The summed E-state index contributed by atoms with van der Waals surface area (Å²) in [6, 6.07) is 6.97. The molecule has 1 aromatic heterocycles. The first kappa shape index (κ1) is 14.3. The molecule has 0 spiro atoms. The van der Waals surface area contributed by atoms with Gasteiger partial charge in [-0.3, -0.25) is 0 Å². The minimum Gasteiger partial charge on any atom is -0.493 e. The molecule has 0 aliphatic heterocycles. The highest BCUT2D eigenvalue weighted by atomic mass is 19.1. The third-order valence-corrected chi connectivity index (χ3v) is 2.95. The van der Waals surface area contributed by atoms with Gasteiger partial charge in [0.25, 0.3) is 0 Å². The third kappa shape index (κ3) is 3.05. The van der Waals surface area contributed by atoms with Crippen LogP contribution in [0.4, 0.5) is 4.39 Å². The highest BCUT2D eigenvalue weighted by Gasteiger charge is 2.11. The molecular weight excluding hydrogens is 259 g/mol. The minimum absolute atomic E-state index is 0.148. The monoisotopic (exact) mass is 276 g/mol. The van der Waals surface area contributed by atoms with E-state index in [1.807, 2.05) is 18.2 Å². The van der Waals surface area contributed by atoms with Gasteiger partial charge in [0.2, 0.25) is 5.88 Å². The van der Waals surface area contributed by atoms with Gasteiger partial charge in [-0.1, -0.05) is 13.0 Å². The molecule has 0 aliphatic carbocycles. The topological polar surface area (TPSA) is 57.4 Å². The first-order chi connectivity index (χ1) is 9.67. The van der Waals surface area contributed by atoms with Crippen LogP contribution in [0.5, 0.6) is 17.4 Å². The Balaban J connectivity index is 2.34. The molecule has 0 saturated carbocycles. The van der Waals surface area contributed by atoms with Gasteiger partial charge >= 0.3 is 0 Å². The molecule has 0 amide bonds. The summed E-state index contributed by atoms with van der Waals surface area (Å²) < 4.78 is 24.1. The van der Waals surface area contributed by atoms with Crippen LogP contribution >= 0.6 is 0 Å². The van der Waals surface area contributed by atoms with E-state index in [0.717, 1.165) is 18.2 Å². The van der Waals surface area contributed by atoms with Crippen LogP contribution in [0.15, 0.2) is 30.5 Å². The lowest BCUT2D eigenvalue weighted by atomic mass is 10.1. The van der Waals surface area contributed by atoms with Crippen molar-refractivity contribution in [1.29, 1.82) is 0 Å². The van der Waals surface area contributed by atoms with Crippen molar-refractivity contribution in [1.82, 2.24) is 4.98 Å². The van der Waals surface area contributed by atoms with Gasteiger partial charge in [-0.15, -0.1) is 0 Å². The van der Waals surface area contributed by atoms with Crippen LogP contribution < -0.4 is 15.2 Å². The van der Waals surface area contributed by atoms with Gasteiger partial charge in [-0.2, -0.15) is 0 Å². The summed E-state index contributed by atoms with van der Waals surface area (Å²) in [6.07, 6.45) is 2.00. The van der Waals surface area contributed by atoms with Gasteiger partial charge in [0.1, 0.15) is 5.82 Å². The number of hydrogen-bond acceptors (Lipinski definition) is 4. The number of methoxy groups -OCH3 is 1. The van der Waals surface area contributed by atoms with Crippen molar-refractivity contribution < 1.29 is 13.9 Å². The SMILES string of the molecule is CCc1ccc(Oc2ncc(F)cc2CN)c(OC)c1. The van der Waals surface area contributed by atoms with E-state index < -0.39 is 5.82 Å². The van der Waals surface area contributed by atoms with E-state index in [0.29, 0.717) is 17.1 Å². The number of pyridine rings is 1. The molecule has 2 N–H and O–H groups in total. The Morgan fingerprint density at radius 3 is 2.70 bits per heavy atom. The second kappa shape index (κ2) is 6.34. The van der Waals surface area contributed by atoms with E-state index >= 15 is 0 Å². The number of ether oxygens (including phenoxy) is 2. The number of halogens is 1. The molecule has 0 atom stereocenters. The number of aromatic nitrogens is 1. The summed E-state index contributed by atoms with van der Waals surface area (Å²) >= 11 is 0. The second-order valence-electron chi connectivity index (χ2n) is 4.26. The molecule has 2 aromatic rings.